The van der Waals surface area contributed by atoms with Gasteiger partial charge in [0.1, 0.15) is 0 Å². The van der Waals surface area contributed by atoms with E-state index in [9.17, 15) is 0 Å². The Labute approximate surface area is 133 Å². The molecule has 0 aliphatic rings. The summed E-state index contributed by atoms with van der Waals surface area (Å²) in [5.74, 6) is 0. The molecule has 0 radical (unpaired) electrons. The zero-order valence-electron chi connectivity index (χ0n) is 15.9. The maximum absolute atomic E-state index is 2.58. The van der Waals surface area contributed by atoms with E-state index in [0.29, 0.717) is 28.2 Å². The monoisotopic (exact) mass is 318 g/mol. The molecule has 0 amide bonds. The molecule has 0 aliphatic heterocycles. The van der Waals surface area contributed by atoms with Crippen molar-refractivity contribution < 1.29 is 0 Å². The van der Waals surface area contributed by atoms with E-state index in [1.165, 1.54) is 0 Å². The van der Waals surface area contributed by atoms with Crippen LogP contribution in [0.1, 0.15) is 83.1 Å². The van der Waals surface area contributed by atoms with Crippen molar-refractivity contribution in [1.82, 2.24) is 0 Å². The zero-order chi connectivity index (χ0) is 16.8. The number of rotatable bonds is 2. The van der Waals surface area contributed by atoms with E-state index in [4.69, 9.17) is 0 Å². The van der Waals surface area contributed by atoms with E-state index in [1.807, 2.05) is 0 Å². The second-order valence-corrected chi connectivity index (χ2v) is 20.1. The van der Waals surface area contributed by atoms with Crippen molar-refractivity contribution in [2.45, 2.75) is 104 Å². The van der Waals surface area contributed by atoms with Crippen molar-refractivity contribution in [3.8, 4) is 0 Å². The van der Waals surface area contributed by atoms with Gasteiger partial charge in [-0.15, -0.1) is 7.80 Å². The lowest BCUT2D eigenvalue weighted by molar-refractivity contribution is 0.710. The average Bonchev–Trinajstić information content (AvgIpc) is 2.05. The van der Waals surface area contributed by atoms with Gasteiger partial charge in [-0.3, -0.25) is 7.02 Å². The van der Waals surface area contributed by atoms with Crippen LogP contribution in [0.2, 0.25) is 0 Å². The Kier molecular flexibility index (Phi) is 6.18. The summed E-state index contributed by atoms with van der Waals surface area (Å²) in [5.41, 5.74) is 0. The highest BCUT2D eigenvalue weighted by Gasteiger charge is 2.50. The number of hydrogen-bond acceptors (Lipinski definition) is 0. The first-order chi connectivity index (χ1) is 8.34. The van der Waals surface area contributed by atoms with Gasteiger partial charge in [0.2, 0.25) is 0 Å². The molecule has 4 heteroatoms. The van der Waals surface area contributed by atoms with Gasteiger partial charge in [0.15, 0.2) is 0 Å². The molecule has 0 atom stereocenters. The van der Waals surface area contributed by atoms with Crippen molar-refractivity contribution in [1.29, 1.82) is 0 Å². The van der Waals surface area contributed by atoms with Gasteiger partial charge in [-0.2, -0.15) is 0 Å². The maximum Gasteiger partial charge on any atom is 0.253 e. The molecule has 122 valence electrons. The molecule has 0 aromatic heterocycles. The molecule has 0 spiro atoms. The van der Waals surface area contributed by atoms with E-state index >= 15 is 0 Å². The van der Waals surface area contributed by atoms with Crippen LogP contribution >= 0.6 is 14.8 Å². The van der Waals surface area contributed by atoms with E-state index in [-0.39, 0.29) is 14.5 Å². The van der Waals surface area contributed by atoms with Crippen LogP contribution in [-0.4, -0.2) is 34.9 Å². The third kappa shape index (κ3) is 4.74. The summed E-state index contributed by atoms with van der Waals surface area (Å²) in [6.45, 7) is 30.9. The second kappa shape index (κ2) is 5.89. The lowest BCUT2D eigenvalue weighted by Gasteiger charge is -2.59. The summed E-state index contributed by atoms with van der Waals surface area (Å²) in [4.78, 5) is 0. The van der Waals surface area contributed by atoms with Crippen molar-refractivity contribution in [2.24, 2.45) is 0 Å². The molecule has 0 aliphatic carbocycles. The molecule has 0 bridgehead atoms. The van der Waals surface area contributed by atoms with Gasteiger partial charge in [-0.25, -0.2) is 0 Å². The van der Waals surface area contributed by atoms with Gasteiger partial charge in [0, 0.05) is 10.3 Å². The lowest BCUT2D eigenvalue weighted by atomic mass is 10.2. The van der Waals surface area contributed by atoms with Crippen LogP contribution in [0.5, 0.6) is 0 Å². The lowest BCUT2D eigenvalue weighted by Crippen LogP contribution is -2.40. The topological polar surface area (TPSA) is 0 Å². The first-order valence-corrected chi connectivity index (χ1v) is 11.7. The molecular weight excluding hydrogens is 276 g/mol. The Balaban J connectivity index is 5.80. The van der Waals surface area contributed by atoms with E-state index < -0.39 is 7.02 Å². The highest BCUT2D eigenvalue weighted by molar-refractivity contribution is 8.33. The van der Waals surface area contributed by atoms with Crippen LogP contribution in [0.25, 0.3) is 0 Å². The molecule has 0 saturated heterocycles. The zero-order valence-corrected chi connectivity index (χ0v) is 17.8. The molecule has 0 heterocycles. The number of hydrogen-bond donors (Lipinski definition) is 0. The minimum Gasteiger partial charge on any atom is -0.279 e. The van der Waals surface area contributed by atoms with Crippen molar-refractivity contribution >= 4 is 29.1 Å². The first kappa shape index (κ1) is 21.0. The van der Waals surface area contributed by atoms with Gasteiger partial charge < -0.3 is 0 Å². The normalized spacial score (nSPS) is 15.9. The molecule has 0 unspecified atom stereocenters. The predicted molar refractivity (Wildman–Crippen MR) is 113 cm³/mol. The average molecular weight is 318 g/mol. The SMILES string of the molecule is [BH3-][P+]([BH2-][PH+](C(C)(C)C)C(C)(C)C)(C(C)(C)C)C(C)(C)C. The van der Waals surface area contributed by atoms with Crippen molar-refractivity contribution in [2.75, 3.05) is 0 Å². The van der Waals surface area contributed by atoms with Gasteiger partial charge in [0.25, 0.3) is 6.72 Å². The largest absolute Gasteiger partial charge is 0.279 e. The Morgan fingerprint density at radius 1 is 0.650 bits per heavy atom. The smallest absolute Gasteiger partial charge is 0.253 e. The summed E-state index contributed by atoms with van der Waals surface area (Å²) in [6, 6.07) is 0. The Morgan fingerprint density at radius 2 is 0.900 bits per heavy atom. The van der Waals surface area contributed by atoms with Crippen molar-refractivity contribution in [3.05, 3.63) is 0 Å². The third-order valence-corrected chi connectivity index (χ3v) is 16.8. The third-order valence-electron chi connectivity index (χ3n) is 4.71. The highest BCUT2D eigenvalue weighted by atomic mass is 31.2. The fourth-order valence-electron chi connectivity index (χ4n) is 3.70. The van der Waals surface area contributed by atoms with Crippen LogP contribution in [-0.2, 0) is 0 Å². The minimum atomic E-state index is -0.666. The molecular formula is C16H42B2P2. The molecule has 0 aromatic rings. The predicted octanol–water partition coefficient (Wildman–Crippen LogP) is 4.69. The van der Waals surface area contributed by atoms with Crippen molar-refractivity contribution in [3.63, 3.8) is 0 Å². The van der Waals surface area contributed by atoms with E-state index in [2.05, 4.69) is 83.1 Å². The standard InChI is InChI=1S/C16H42B2P2/c1-13(2,3)19(14(4,5)6)18-20(17,15(7,8)9)16(10,11)12/h19H,18H2,1-12,17H3. The first-order valence-electron chi connectivity index (χ1n) is 7.89. The van der Waals surface area contributed by atoms with Crippen LogP contribution in [0.3, 0.4) is 0 Å². The van der Waals surface area contributed by atoms with Crippen LogP contribution in [0.15, 0.2) is 0 Å². The Bertz CT molecular complexity index is 296. The van der Waals surface area contributed by atoms with Crippen LogP contribution in [0, 0.1) is 0 Å². The van der Waals surface area contributed by atoms with Gasteiger partial charge in [-0.1, -0.05) is 0 Å². The Hall–Kier alpha value is 0.990. The molecule has 0 aromatic carbocycles. The van der Waals surface area contributed by atoms with Gasteiger partial charge in [0.05, 0.1) is 7.57 Å². The van der Waals surface area contributed by atoms with E-state index in [0.717, 1.165) is 0 Å². The maximum atomic E-state index is 2.58. The molecule has 0 nitrogen and oxygen atoms in total. The molecule has 0 saturated carbocycles. The highest BCUT2D eigenvalue weighted by Crippen LogP contribution is 2.79. The van der Waals surface area contributed by atoms with Crippen LogP contribution < -0.4 is 0 Å². The quantitative estimate of drug-likeness (QED) is 0.512. The second-order valence-electron chi connectivity index (χ2n) is 10.2. The van der Waals surface area contributed by atoms with Gasteiger partial charge in [-0.05, 0) is 93.4 Å². The molecule has 20 heavy (non-hydrogen) atoms. The molecule has 0 rings (SSSR count). The summed E-state index contributed by atoms with van der Waals surface area (Å²) in [5, 5.41) is 2.35. The fraction of sp³-hybridized carbons (Fsp3) is 1.00. The Morgan fingerprint density at radius 3 is 1.05 bits per heavy atom. The summed E-state index contributed by atoms with van der Waals surface area (Å²) >= 11 is 0. The summed E-state index contributed by atoms with van der Waals surface area (Å²) < 4.78 is 0. The molecule has 0 fully saturated rings. The molecule has 0 N–H and O–H groups in total. The summed E-state index contributed by atoms with van der Waals surface area (Å²) in [7, 11) is -0.490. The summed E-state index contributed by atoms with van der Waals surface area (Å²) in [6.07, 6.45) is 0. The van der Waals surface area contributed by atoms with Crippen LogP contribution in [0.4, 0.5) is 0 Å². The van der Waals surface area contributed by atoms with Gasteiger partial charge >= 0.3 is 0 Å². The van der Waals surface area contributed by atoms with E-state index in [1.54, 1.807) is 0 Å². The fourth-order valence-corrected chi connectivity index (χ4v) is 20.5. The minimum absolute atomic E-state index is 0.206.